The first kappa shape index (κ1) is 18.6. The van der Waals surface area contributed by atoms with E-state index in [4.69, 9.17) is 0 Å². The number of carbonyl (C=O) groups is 1. The molecule has 1 N–H and O–H groups in total. The lowest BCUT2D eigenvalue weighted by molar-refractivity contribution is -0.385. The Labute approximate surface area is 147 Å². The molecular formula is C19H23N3O3. The van der Waals surface area contributed by atoms with Crippen LogP contribution in [0.2, 0.25) is 0 Å². The molecule has 0 saturated carbocycles. The van der Waals surface area contributed by atoms with E-state index in [1.54, 1.807) is 18.2 Å². The number of nitro benzene ring substituents is 1. The normalized spacial score (nSPS) is 12.0. The molecule has 2 aromatic rings. The Hall–Kier alpha value is -2.73. The summed E-state index contributed by atoms with van der Waals surface area (Å²) in [7, 11) is 3.95. The van der Waals surface area contributed by atoms with Gasteiger partial charge in [-0.15, -0.1) is 0 Å². The average Bonchev–Trinajstić information content (AvgIpc) is 2.59. The molecule has 0 saturated heterocycles. The zero-order valence-electron chi connectivity index (χ0n) is 14.5. The second-order valence-electron chi connectivity index (χ2n) is 6.17. The maximum atomic E-state index is 12.2. The molecule has 1 atom stereocenters. The summed E-state index contributed by atoms with van der Waals surface area (Å²) < 4.78 is 0. The van der Waals surface area contributed by atoms with E-state index in [1.165, 1.54) is 11.6 Å². The van der Waals surface area contributed by atoms with Gasteiger partial charge < -0.3 is 10.2 Å². The Balaban J connectivity index is 1.94. The minimum atomic E-state index is -0.458. The summed E-state index contributed by atoms with van der Waals surface area (Å²) in [5, 5.41) is 13.9. The first-order valence-corrected chi connectivity index (χ1v) is 8.16. The highest BCUT2D eigenvalue weighted by Gasteiger charge is 2.17. The van der Waals surface area contributed by atoms with Crippen LogP contribution in [0, 0.1) is 10.1 Å². The van der Waals surface area contributed by atoms with Crippen molar-refractivity contribution in [1.82, 2.24) is 10.2 Å². The number of nitrogens with one attached hydrogen (secondary N) is 1. The van der Waals surface area contributed by atoms with E-state index < -0.39 is 4.92 Å². The molecule has 0 radical (unpaired) electrons. The van der Waals surface area contributed by atoms with Gasteiger partial charge in [0.15, 0.2) is 0 Å². The van der Waals surface area contributed by atoms with Gasteiger partial charge in [0, 0.05) is 24.2 Å². The number of hydrogen-bond donors (Lipinski definition) is 1. The smallest absolute Gasteiger partial charge is 0.273 e. The van der Waals surface area contributed by atoms with Crippen molar-refractivity contribution in [3.8, 4) is 0 Å². The van der Waals surface area contributed by atoms with E-state index in [2.05, 4.69) is 22.3 Å². The van der Waals surface area contributed by atoms with Crippen molar-refractivity contribution in [2.75, 3.05) is 20.6 Å². The molecule has 1 unspecified atom stereocenters. The number of rotatable bonds is 8. The highest BCUT2D eigenvalue weighted by Crippen LogP contribution is 2.18. The van der Waals surface area contributed by atoms with Gasteiger partial charge in [-0.25, -0.2) is 0 Å². The van der Waals surface area contributed by atoms with Gasteiger partial charge in [0.25, 0.3) is 5.69 Å². The van der Waals surface area contributed by atoms with Crippen LogP contribution in [0.25, 0.3) is 0 Å². The van der Waals surface area contributed by atoms with Crippen LogP contribution in [0.5, 0.6) is 0 Å². The van der Waals surface area contributed by atoms with Crippen LogP contribution < -0.4 is 5.32 Å². The Morgan fingerprint density at radius 3 is 2.40 bits per heavy atom. The first-order valence-electron chi connectivity index (χ1n) is 8.16. The molecule has 0 heterocycles. The Morgan fingerprint density at radius 1 is 1.12 bits per heavy atom. The van der Waals surface area contributed by atoms with Gasteiger partial charge in [-0.3, -0.25) is 14.9 Å². The number of nitro groups is 1. The van der Waals surface area contributed by atoms with Crippen molar-refractivity contribution in [2.24, 2.45) is 0 Å². The third-order valence-corrected chi connectivity index (χ3v) is 4.12. The number of nitrogens with zero attached hydrogens (tertiary/aromatic N) is 2. The van der Waals surface area contributed by atoms with Crippen molar-refractivity contribution in [2.45, 2.75) is 18.9 Å². The molecule has 0 spiro atoms. The van der Waals surface area contributed by atoms with E-state index in [-0.39, 0.29) is 24.1 Å². The van der Waals surface area contributed by atoms with Crippen LogP contribution in [0.15, 0.2) is 54.6 Å². The van der Waals surface area contributed by atoms with Crippen molar-refractivity contribution < 1.29 is 9.72 Å². The molecule has 2 aromatic carbocycles. The Kier molecular flexibility index (Phi) is 6.65. The molecule has 0 aliphatic heterocycles. The molecule has 1 amide bonds. The van der Waals surface area contributed by atoms with Gasteiger partial charge in [-0.05, 0) is 26.1 Å². The molecule has 0 aliphatic rings. The SMILES string of the molecule is CN(C)C(CNC(=O)Cc1ccccc1[N+](=O)[O-])Cc1ccccc1. The zero-order valence-corrected chi connectivity index (χ0v) is 14.5. The van der Waals surface area contributed by atoms with Gasteiger partial charge >= 0.3 is 0 Å². The highest BCUT2D eigenvalue weighted by molar-refractivity contribution is 5.79. The van der Waals surface area contributed by atoms with Crippen molar-refractivity contribution in [1.29, 1.82) is 0 Å². The lowest BCUT2D eigenvalue weighted by atomic mass is 10.0. The third-order valence-electron chi connectivity index (χ3n) is 4.12. The Bertz CT molecular complexity index is 717. The minimum absolute atomic E-state index is 0.00262. The van der Waals surface area contributed by atoms with Gasteiger partial charge in [0.1, 0.15) is 0 Å². The second kappa shape index (κ2) is 8.94. The molecular weight excluding hydrogens is 318 g/mol. The third kappa shape index (κ3) is 5.69. The summed E-state index contributed by atoms with van der Waals surface area (Å²) >= 11 is 0. The first-order chi connectivity index (χ1) is 12.0. The molecule has 0 aromatic heterocycles. The second-order valence-corrected chi connectivity index (χ2v) is 6.17. The van der Waals surface area contributed by atoms with E-state index in [0.717, 1.165) is 6.42 Å². The molecule has 2 rings (SSSR count). The number of para-hydroxylation sites is 1. The molecule has 0 bridgehead atoms. The average molecular weight is 341 g/mol. The van der Waals surface area contributed by atoms with Crippen LogP contribution in [0.3, 0.4) is 0 Å². The summed E-state index contributed by atoms with van der Waals surface area (Å²) in [5.74, 6) is -0.214. The van der Waals surface area contributed by atoms with E-state index in [1.807, 2.05) is 32.3 Å². The molecule has 0 aliphatic carbocycles. The molecule has 132 valence electrons. The summed E-state index contributed by atoms with van der Waals surface area (Å²) in [6.07, 6.45) is 0.822. The minimum Gasteiger partial charge on any atom is -0.354 e. The lowest BCUT2D eigenvalue weighted by Gasteiger charge is -2.24. The van der Waals surface area contributed by atoms with E-state index in [9.17, 15) is 14.9 Å². The van der Waals surface area contributed by atoms with E-state index in [0.29, 0.717) is 12.1 Å². The van der Waals surface area contributed by atoms with Gasteiger partial charge in [0.05, 0.1) is 11.3 Å². The van der Waals surface area contributed by atoms with Crippen LogP contribution >= 0.6 is 0 Å². The number of benzene rings is 2. The lowest BCUT2D eigenvalue weighted by Crippen LogP contribution is -2.42. The fourth-order valence-electron chi connectivity index (χ4n) is 2.63. The topological polar surface area (TPSA) is 75.5 Å². The highest BCUT2D eigenvalue weighted by atomic mass is 16.6. The number of carbonyl (C=O) groups excluding carboxylic acids is 1. The van der Waals surface area contributed by atoms with Crippen LogP contribution in [-0.2, 0) is 17.6 Å². The van der Waals surface area contributed by atoms with Crippen LogP contribution in [0.4, 0.5) is 5.69 Å². The summed E-state index contributed by atoms with van der Waals surface area (Å²) in [5.41, 5.74) is 1.61. The van der Waals surface area contributed by atoms with Crippen molar-refractivity contribution in [3.05, 3.63) is 75.8 Å². The summed E-state index contributed by atoms with van der Waals surface area (Å²) in [6, 6.07) is 16.6. The predicted octanol–water partition coefficient (Wildman–Crippen LogP) is 2.43. The number of amides is 1. The van der Waals surface area contributed by atoms with Gasteiger partial charge in [0.2, 0.25) is 5.91 Å². The maximum Gasteiger partial charge on any atom is 0.273 e. The van der Waals surface area contributed by atoms with Crippen molar-refractivity contribution >= 4 is 11.6 Å². The fraction of sp³-hybridized carbons (Fsp3) is 0.316. The zero-order chi connectivity index (χ0) is 18.2. The standard InChI is InChI=1S/C19H23N3O3/c1-21(2)17(12-15-8-4-3-5-9-15)14-20-19(23)13-16-10-6-7-11-18(16)22(24)25/h3-11,17H,12-14H2,1-2H3,(H,20,23). The number of hydrogen-bond acceptors (Lipinski definition) is 4. The van der Waals surface area contributed by atoms with Crippen LogP contribution in [0.1, 0.15) is 11.1 Å². The quantitative estimate of drug-likeness (QED) is 0.591. The van der Waals surface area contributed by atoms with Gasteiger partial charge in [-0.1, -0.05) is 48.5 Å². The molecule has 6 nitrogen and oxygen atoms in total. The maximum absolute atomic E-state index is 12.2. The van der Waals surface area contributed by atoms with Crippen LogP contribution in [-0.4, -0.2) is 42.4 Å². The van der Waals surface area contributed by atoms with Crippen molar-refractivity contribution in [3.63, 3.8) is 0 Å². The van der Waals surface area contributed by atoms with E-state index >= 15 is 0 Å². The molecule has 25 heavy (non-hydrogen) atoms. The Morgan fingerprint density at radius 2 is 1.76 bits per heavy atom. The fourth-order valence-corrected chi connectivity index (χ4v) is 2.63. The summed E-state index contributed by atoms with van der Waals surface area (Å²) in [6.45, 7) is 0.487. The molecule has 0 fully saturated rings. The summed E-state index contributed by atoms with van der Waals surface area (Å²) in [4.78, 5) is 24.9. The monoisotopic (exact) mass is 341 g/mol. The largest absolute Gasteiger partial charge is 0.354 e. The van der Waals surface area contributed by atoms with Gasteiger partial charge in [-0.2, -0.15) is 0 Å². The molecule has 6 heteroatoms. The number of likely N-dealkylation sites (N-methyl/N-ethyl adjacent to an activating group) is 1. The predicted molar refractivity (Wildman–Crippen MR) is 97.4 cm³/mol.